The predicted octanol–water partition coefficient (Wildman–Crippen LogP) is 6.08. The van der Waals surface area contributed by atoms with E-state index in [4.69, 9.17) is 21.3 Å². The number of hydrogen-bond acceptors (Lipinski definition) is 7. The molecule has 44 heavy (non-hydrogen) atoms. The van der Waals surface area contributed by atoms with Crippen molar-refractivity contribution in [1.29, 1.82) is 0 Å². The molecule has 1 atom stereocenters. The number of halogens is 2. The molecule has 0 radical (unpaired) electrons. The third-order valence-corrected chi connectivity index (χ3v) is 10.3. The molecule has 8 nitrogen and oxygen atoms in total. The van der Waals surface area contributed by atoms with Gasteiger partial charge in [-0.15, -0.1) is 11.3 Å². The Kier molecular flexibility index (Phi) is 7.42. The van der Waals surface area contributed by atoms with E-state index >= 15 is 4.39 Å². The summed E-state index contributed by atoms with van der Waals surface area (Å²) in [6.07, 6.45) is 4.42. The van der Waals surface area contributed by atoms with Crippen molar-refractivity contribution < 1.29 is 18.3 Å². The first-order valence-corrected chi connectivity index (χ1v) is 15.8. The fourth-order valence-corrected chi connectivity index (χ4v) is 8.06. The van der Waals surface area contributed by atoms with E-state index < -0.39 is 23.6 Å². The number of amides is 1. The van der Waals surface area contributed by atoms with Crippen molar-refractivity contribution in [2.75, 3.05) is 50.8 Å². The first-order chi connectivity index (χ1) is 21.4. The van der Waals surface area contributed by atoms with Gasteiger partial charge in [-0.25, -0.2) is 15.4 Å². The molecule has 0 saturated carbocycles. The van der Waals surface area contributed by atoms with Crippen molar-refractivity contribution in [2.45, 2.75) is 37.3 Å². The lowest BCUT2D eigenvalue weighted by molar-refractivity contribution is -0.131. The monoisotopic (exact) mass is 614 g/mol. The molecule has 7 rings (SSSR count). The second-order valence-corrected chi connectivity index (χ2v) is 12.8. The summed E-state index contributed by atoms with van der Waals surface area (Å²) >= 11 is 1.61. The zero-order valence-corrected chi connectivity index (χ0v) is 25.1. The Morgan fingerprint density at radius 2 is 1.93 bits per heavy atom. The summed E-state index contributed by atoms with van der Waals surface area (Å²) in [5, 5.41) is 3.48. The van der Waals surface area contributed by atoms with Crippen molar-refractivity contribution in [2.24, 2.45) is 0 Å². The van der Waals surface area contributed by atoms with Crippen LogP contribution in [-0.4, -0.2) is 83.1 Å². The zero-order valence-electron chi connectivity index (χ0n) is 24.3. The average molecular weight is 615 g/mol. The smallest absolute Gasteiger partial charge is 0.319 e. The number of thiophene rings is 1. The van der Waals surface area contributed by atoms with Crippen molar-refractivity contribution >= 4 is 44.1 Å². The molecule has 5 heterocycles. The first-order valence-electron chi connectivity index (χ1n) is 15.0. The molecule has 3 fully saturated rings. The van der Waals surface area contributed by atoms with E-state index in [0.29, 0.717) is 35.4 Å². The minimum Gasteiger partial charge on any atom is -0.461 e. The number of rotatable bonds is 7. The number of piperazine rings is 1. The zero-order chi connectivity index (χ0) is 30.4. The molecule has 0 bridgehead atoms. The minimum absolute atomic E-state index is 0.0105. The van der Waals surface area contributed by atoms with Crippen molar-refractivity contribution in [3.05, 3.63) is 71.4 Å². The molecule has 0 unspecified atom stereocenters. The Bertz CT molecular complexity index is 1810. The van der Waals surface area contributed by atoms with E-state index in [0.717, 1.165) is 54.4 Å². The van der Waals surface area contributed by atoms with Crippen LogP contribution in [0, 0.1) is 12.4 Å². The maximum atomic E-state index is 16.0. The van der Waals surface area contributed by atoms with E-state index in [-0.39, 0.29) is 31.2 Å². The number of fused-ring (bicyclic) bond motifs is 3. The SMILES string of the molecule is [C-]#[N+]C[C@H]1CN(c2nc(OCC34CCCN3CCC4)nc3cc(-c4cccc5sccc45)c(F)cc23)CCN1C(=O)C(=C)F. The summed E-state index contributed by atoms with van der Waals surface area (Å²) in [5.74, 6) is -1.80. The van der Waals surface area contributed by atoms with E-state index in [1.807, 2.05) is 34.5 Å². The highest BCUT2D eigenvalue weighted by molar-refractivity contribution is 7.17. The second-order valence-electron chi connectivity index (χ2n) is 11.9. The summed E-state index contributed by atoms with van der Waals surface area (Å²) in [5.41, 5.74) is 1.75. The number of hydrogen-bond donors (Lipinski definition) is 0. The van der Waals surface area contributed by atoms with Gasteiger partial charge in [0.05, 0.1) is 11.1 Å². The minimum atomic E-state index is -1.06. The van der Waals surface area contributed by atoms with Gasteiger partial charge in [0, 0.05) is 40.7 Å². The molecule has 3 saturated heterocycles. The van der Waals surface area contributed by atoms with E-state index in [9.17, 15) is 9.18 Å². The molecular weight excluding hydrogens is 582 g/mol. The van der Waals surface area contributed by atoms with Gasteiger partial charge in [-0.1, -0.05) is 18.7 Å². The van der Waals surface area contributed by atoms with Crippen LogP contribution in [0.5, 0.6) is 6.01 Å². The van der Waals surface area contributed by atoms with Crippen molar-refractivity contribution in [3.8, 4) is 17.1 Å². The number of carbonyl (C=O) groups is 1. The van der Waals surface area contributed by atoms with Crippen molar-refractivity contribution in [3.63, 3.8) is 0 Å². The molecule has 11 heteroatoms. The number of anilines is 1. The highest BCUT2D eigenvalue weighted by atomic mass is 32.1. The molecule has 0 aliphatic carbocycles. The quantitative estimate of drug-likeness (QED) is 0.186. The fourth-order valence-electron chi connectivity index (χ4n) is 7.25. The lowest BCUT2D eigenvalue weighted by Crippen LogP contribution is -2.56. The number of aromatic nitrogens is 2. The molecule has 0 spiro atoms. The van der Waals surface area contributed by atoms with Gasteiger partial charge < -0.3 is 19.4 Å². The number of carbonyl (C=O) groups excluding carboxylic acids is 1. The summed E-state index contributed by atoms with van der Waals surface area (Å²) < 4.78 is 37.3. The molecule has 226 valence electrons. The Morgan fingerprint density at radius 1 is 1.11 bits per heavy atom. The fraction of sp³-hybridized carbons (Fsp3) is 0.394. The van der Waals surface area contributed by atoms with Crippen LogP contribution in [0.25, 0.3) is 37.0 Å². The Labute approximate surface area is 258 Å². The van der Waals surface area contributed by atoms with Crippen LogP contribution in [0.4, 0.5) is 14.6 Å². The molecule has 2 aromatic carbocycles. The number of ether oxygens (including phenoxy) is 1. The third-order valence-electron chi connectivity index (χ3n) is 9.39. The molecule has 1 amide bonds. The maximum absolute atomic E-state index is 16.0. The van der Waals surface area contributed by atoms with E-state index in [2.05, 4.69) is 16.3 Å². The van der Waals surface area contributed by atoms with Crippen molar-refractivity contribution in [1.82, 2.24) is 19.8 Å². The second kappa shape index (κ2) is 11.4. The van der Waals surface area contributed by atoms with Crippen LogP contribution < -0.4 is 9.64 Å². The largest absolute Gasteiger partial charge is 0.461 e. The summed E-state index contributed by atoms with van der Waals surface area (Å²) in [4.78, 5) is 31.4. The lowest BCUT2D eigenvalue weighted by Gasteiger charge is -2.39. The molecule has 3 aliphatic rings. The Hall–Kier alpha value is -4.14. The van der Waals surface area contributed by atoms with Gasteiger partial charge in [0.2, 0.25) is 6.54 Å². The van der Waals surface area contributed by atoms with Crippen LogP contribution in [0.1, 0.15) is 25.7 Å². The molecule has 2 aromatic heterocycles. The van der Waals surface area contributed by atoms with Crippen LogP contribution in [0.15, 0.2) is 54.2 Å². The summed E-state index contributed by atoms with van der Waals surface area (Å²) in [6, 6.07) is 10.7. The molecular formula is C33H32F2N6O2S. The van der Waals surface area contributed by atoms with Gasteiger partial charge in [-0.3, -0.25) is 9.69 Å². The summed E-state index contributed by atoms with van der Waals surface area (Å²) in [7, 11) is 0. The van der Waals surface area contributed by atoms with Crippen LogP contribution in [0.3, 0.4) is 0 Å². The maximum Gasteiger partial charge on any atom is 0.319 e. The van der Waals surface area contributed by atoms with Crippen LogP contribution in [0.2, 0.25) is 0 Å². The predicted molar refractivity (Wildman–Crippen MR) is 168 cm³/mol. The molecule has 3 aliphatic heterocycles. The normalized spacial score (nSPS) is 19.8. The van der Waals surface area contributed by atoms with Crippen LogP contribution >= 0.6 is 11.3 Å². The highest BCUT2D eigenvalue weighted by Gasteiger charge is 2.45. The lowest BCUT2D eigenvalue weighted by atomic mass is 9.95. The summed E-state index contributed by atoms with van der Waals surface area (Å²) in [6.45, 7) is 13.9. The number of benzene rings is 2. The topological polar surface area (TPSA) is 66.2 Å². The first kappa shape index (κ1) is 28.6. The van der Waals surface area contributed by atoms with Gasteiger partial charge in [-0.2, -0.15) is 9.97 Å². The van der Waals surface area contributed by atoms with Crippen LogP contribution in [-0.2, 0) is 4.79 Å². The van der Waals surface area contributed by atoms with Gasteiger partial charge >= 0.3 is 6.01 Å². The van der Waals surface area contributed by atoms with Gasteiger partial charge in [0.15, 0.2) is 5.83 Å². The van der Waals surface area contributed by atoms with Gasteiger partial charge in [0.25, 0.3) is 5.91 Å². The number of nitrogens with zero attached hydrogens (tertiary/aromatic N) is 6. The van der Waals surface area contributed by atoms with E-state index in [1.165, 1.54) is 11.0 Å². The molecule has 0 N–H and O–H groups in total. The average Bonchev–Trinajstić information content (AvgIpc) is 3.75. The van der Waals surface area contributed by atoms with Gasteiger partial charge in [0.1, 0.15) is 24.3 Å². The molecule has 4 aromatic rings. The van der Waals surface area contributed by atoms with E-state index in [1.54, 1.807) is 17.4 Å². The Morgan fingerprint density at radius 3 is 2.70 bits per heavy atom. The standard InChI is InChI=1S/C33H32F2N6O2S/c1-21(34)31(42)41-14-13-39(19-22(41)18-36-2)30-26-16-27(35)25(23-6-3-7-29-24(23)8-15-44-29)17-28(26)37-32(38-30)43-20-33-9-4-11-40(33)12-5-10-33/h3,6-8,15-17,22H,1,4-5,9-14,18-20H2/t22-/m0/s1. The van der Waals surface area contributed by atoms with Gasteiger partial charge in [-0.05, 0) is 74.0 Å². The third kappa shape index (κ3) is 4.96. The highest BCUT2D eigenvalue weighted by Crippen LogP contribution is 2.40. The Balaban J connectivity index is 1.30.